The molecule has 0 aromatic carbocycles. The second-order valence-electron chi connectivity index (χ2n) is 4.81. The molecule has 0 spiro atoms. The Bertz CT molecular complexity index is 450. The fourth-order valence-electron chi connectivity index (χ4n) is 1.95. The lowest BCUT2D eigenvalue weighted by atomic mass is 10.2. The average Bonchev–Trinajstić information content (AvgIpc) is 2.91. The Hall–Kier alpha value is -0.900. The zero-order chi connectivity index (χ0) is 15.5. The van der Waals surface area contributed by atoms with Gasteiger partial charge in [0.15, 0.2) is 0 Å². The fourth-order valence-corrected chi connectivity index (χ4v) is 2.85. The Kier molecular flexibility index (Phi) is 9.31. The quantitative estimate of drug-likeness (QED) is 0.708. The van der Waals surface area contributed by atoms with Crippen molar-refractivity contribution >= 4 is 11.3 Å². The maximum absolute atomic E-state index is 8.73. The minimum absolute atomic E-state index is 0.116. The van der Waals surface area contributed by atoms with Gasteiger partial charge < -0.3 is 14.6 Å². The molecule has 21 heavy (non-hydrogen) atoms. The van der Waals surface area contributed by atoms with Gasteiger partial charge in [-0.05, 0) is 19.1 Å². The smallest absolute Gasteiger partial charge is 0.0771 e. The molecule has 0 saturated carbocycles. The molecule has 0 radical (unpaired) electrons. The van der Waals surface area contributed by atoms with E-state index in [1.807, 2.05) is 6.07 Å². The van der Waals surface area contributed by atoms with Gasteiger partial charge in [0, 0.05) is 44.6 Å². The molecule has 0 aliphatic heterocycles. The minimum Gasteiger partial charge on any atom is -0.395 e. The van der Waals surface area contributed by atoms with E-state index in [0.717, 1.165) is 18.0 Å². The van der Waals surface area contributed by atoms with E-state index in [1.54, 1.807) is 25.6 Å². The molecule has 0 aliphatic carbocycles. The van der Waals surface area contributed by atoms with E-state index in [-0.39, 0.29) is 6.61 Å². The van der Waals surface area contributed by atoms with Crippen molar-refractivity contribution in [3.05, 3.63) is 21.9 Å². The number of methoxy groups -OCH3 is 2. The Morgan fingerprint density at radius 2 is 2.14 bits per heavy atom. The van der Waals surface area contributed by atoms with Crippen LogP contribution in [0.3, 0.4) is 0 Å². The van der Waals surface area contributed by atoms with Crippen molar-refractivity contribution < 1.29 is 14.6 Å². The molecule has 0 fully saturated rings. The fraction of sp³-hybridized carbons (Fsp3) is 0.625. The summed E-state index contributed by atoms with van der Waals surface area (Å²) in [7, 11) is 3.45. The standard InChI is InChI=1S/C16H25NO3S/c1-14(13-20-3)17(9-11-19-2)12-16-8-7-15(21-16)6-4-5-10-18/h7-8,14,18H,5,9-13H2,1-3H3. The number of ether oxygens (including phenoxy) is 2. The Morgan fingerprint density at radius 3 is 2.81 bits per heavy atom. The minimum atomic E-state index is 0.116. The molecular weight excluding hydrogens is 286 g/mol. The van der Waals surface area contributed by atoms with E-state index in [4.69, 9.17) is 14.6 Å². The molecule has 0 bridgehead atoms. The summed E-state index contributed by atoms with van der Waals surface area (Å²) in [5, 5.41) is 8.73. The van der Waals surface area contributed by atoms with E-state index >= 15 is 0 Å². The Morgan fingerprint density at radius 1 is 1.33 bits per heavy atom. The maximum Gasteiger partial charge on any atom is 0.0771 e. The zero-order valence-electron chi connectivity index (χ0n) is 13.1. The molecule has 1 heterocycles. The van der Waals surface area contributed by atoms with E-state index in [1.165, 1.54) is 4.88 Å². The molecule has 1 aromatic heterocycles. The lowest BCUT2D eigenvalue weighted by molar-refractivity contribution is 0.0711. The molecule has 1 N–H and O–H groups in total. The van der Waals surface area contributed by atoms with Crippen LogP contribution in [-0.4, -0.2) is 56.6 Å². The average molecular weight is 311 g/mol. The predicted octanol–water partition coefficient (Wildman–Crippen LogP) is 1.97. The first-order valence-electron chi connectivity index (χ1n) is 7.11. The van der Waals surface area contributed by atoms with Gasteiger partial charge in [0.2, 0.25) is 0 Å². The van der Waals surface area contributed by atoms with Crippen LogP contribution in [0.25, 0.3) is 0 Å². The third-order valence-electron chi connectivity index (χ3n) is 3.08. The monoisotopic (exact) mass is 311 g/mol. The summed E-state index contributed by atoms with van der Waals surface area (Å²) in [4.78, 5) is 4.68. The highest BCUT2D eigenvalue weighted by atomic mass is 32.1. The first-order chi connectivity index (χ1) is 10.2. The normalized spacial score (nSPS) is 12.2. The van der Waals surface area contributed by atoms with Crippen LogP contribution >= 0.6 is 11.3 Å². The summed E-state index contributed by atoms with van der Waals surface area (Å²) in [6, 6.07) is 4.50. The third-order valence-corrected chi connectivity index (χ3v) is 4.07. The predicted molar refractivity (Wildman–Crippen MR) is 86.5 cm³/mol. The topological polar surface area (TPSA) is 41.9 Å². The van der Waals surface area contributed by atoms with Crippen LogP contribution in [0.5, 0.6) is 0 Å². The molecule has 1 atom stereocenters. The van der Waals surface area contributed by atoms with Crippen LogP contribution < -0.4 is 0 Å². The molecular formula is C16H25NO3S. The lowest BCUT2D eigenvalue weighted by Gasteiger charge is -2.27. The van der Waals surface area contributed by atoms with Crippen LogP contribution in [0.2, 0.25) is 0 Å². The lowest BCUT2D eigenvalue weighted by Crippen LogP contribution is -2.37. The zero-order valence-corrected chi connectivity index (χ0v) is 13.9. The van der Waals surface area contributed by atoms with Gasteiger partial charge in [-0.25, -0.2) is 0 Å². The molecule has 4 nitrogen and oxygen atoms in total. The second kappa shape index (κ2) is 10.8. The van der Waals surface area contributed by atoms with Gasteiger partial charge in [0.25, 0.3) is 0 Å². The maximum atomic E-state index is 8.73. The first kappa shape index (κ1) is 18.1. The van der Waals surface area contributed by atoms with Gasteiger partial charge in [-0.1, -0.05) is 11.8 Å². The highest BCUT2D eigenvalue weighted by molar-refractivity contribution is 7.12. The van der Waals surface area contributed by atoms with Gasteiger partial charge in [0.1, 0.15) is 0 Å². The van der Waals surface area contributed by atoms with Crippen molar-refractivity contribution in [1.82, 2.24) is 4.90 Å². The molecule has 1 aromatic rings. The molecule has 5 heteroatoms. The van der Waals surface area contributed by atoms with Crippen molar-refractivity contribution in [2.24, 2.45) is 0 Å². The highest BCUT2D eigenvalue weighted by Gasteiger charge is 2.14. The third kappa shape index (κ3) is 7.07. The summed E-state index contributed by atoms with van der Waals surface area (Å²) < 4.78 is 10.4. The Labute approximate surface area is 131 Å². The van der Waals surface area contributed by atoms with Crippen molar-refractivity contribution in [2.45, 2.75) is 25.9 Å². The van der Waals surface area contributed by atoms with Gasteiger partial charge in [-0.15, -0.1) is 11.3 Å². The second-order valence-corrected chi connectivity index (χ2v) is 5.98. The number of thiophene rings is 1. The number of aliphatic hydroxyl groups is 1. The van der Waals surface area contributed by atoms with E-state index in [2.05, 4.69) is 29.7 Å². The SMILES string of the molecule is COCCN(Cc1ccc(C#CCCO)s1)C(C)COC. The Balaban J connectivity index is 2.63. The van der Waals surface area contributed by atoms with Crippen LogP contribution in [0.15, 0.2) is 12.1 Å². The summed E-state index contributed by atoms with van der Waals surface area (Å²) >= 11 is 1.70. The van der Waals surface area contributed by atoms with Crippen molar-refractivity contribution in [3.8, 4) is 11.8 Å². The number of aliphatic hydroxyl groups excluding tert-OH is 1. The van der Waals surface area contributed by atoms with Gasteiger partial charge in [-0.3, -0.25) is 4.90 Å². The van der Waals surface area contributed by atoms with E-state index in [0.29, 0.717) is 25.7 Å². The summed E-state index contributed by atoms with van der Waals surface area (Å²) in [5.74, 6) is 6.03. The van der Waals surface area contributed by atoms with Crippen LogP contribution in [0, 0.1) is 11.8 Å². The van der Waals surface area contributed by atoms with Crippen LogP contribution in [0.1, 0.15) is 23.1 Å². The summed E-state index contributed by atoms with van der Waals surface area (Å²) in [5.41, 5.74) is 0. The molecule has 1 rings (SSSR count). The number of hydrogen-bond donors (Lipinski definition) is 1. The van der Waals surface area contributed by atoms with Crippen molar-refractivity contribution in [1.29, 1.82) is 0 Å². The summed E-state index contributed by atoms with van der Waals surface area (Å²) in [6.07, 6.45) is 0.526. The van der Waals surface area contributed by atoms with E-state index < -0.39 is 0 Å². The molecule has 118 valence electrons. The molecule has 0 aliphatic rings. The molecule has 0 amide bonds. The van der Waals surface area contributed by atoms with Crippen LogP contribution in [-0.2, 0) is 16.0 Å². The van der Waals surface area contributed by atoms with Crippen molar-refractivity contribution in [3.63, 3.8) is 0 Å². The number of nitrogens with zero attached hydrogens (tertiary/aromatic N) is 1. The first-order valence-corrected chi connectivity index (χ1v) is 7.93. The molecule has 1 unspecified atom stereocenters. The molecule has 0 saturated heterocycles. The van der Waals surface area contributed by atoms with Gasteiger partial charge in [-0.2, -0.15) is 0 Å². The van der Waals surface area contributed by atoms with Gasteiger partial charge in [0.05, 0.1) is 24.7 Å². The largest absolute Gasteiger partial charge is 0.395 e. The number of hydrogen-bond acceptors (Lipinski definition) is 5. The summed E-state index contributed by atoms with van der Waals surface area (Å²) in [6.45, 7) is 5.45. The highest BCUT2D eigenvalue weighted by Crippen LogP contribution is 2.18. The van der Waals surface area contributed by atoms with E-state index in [9.17, 15) is 0 Å². The van der Waals surface area contributed by atoms with Crippen molar-refractivity contribution in [2.75, 3.05) is 40.6 Å². The van der Waals surface area contributed by atoms with Crippen LogP contribution in [0.4, 0.5) is 0 Å². The van der Waals surface area contributed by atoms with Gasteiger partial charge >= 0.3 is 0 Å². The number of rotatable bonds is 9.